The first-order valence-corrected chi connectivity index (χ1v) is 10.1. The van der Waals surface area contributed by atoms with Crippen molar-refractivity contribution in [1.82, 2.24) is 15.0 Å². The quantitative estimate of drug-likeness (QED) is 0.702. The Morgan fingerprint density at radius 3 is 2.30 bits per heavy atom. The lowest BCUT2D eigenvalue weighted by molar-refractivity contribution is 0.558. The largest absolute Gasteiger partial charge is 0.340 e. The number of benzene rings is 1. The molecule has 0 atom stereocenters. The van der Waals surface area contributed by atoms with Crippen molar-refractivity contribution in [3.8, 4) is 0 Å². The number of aryl methyl sites for hydroxylation is 4. The Kier molecular flexibility index (Phi) is 5.98. The smallest absolute Gasteiger partial charge is 0.232 e. The summed E-state index contributed by atoms with van der Waals surface area (Å²) in [6.07, 6.45) is 3.81. The molecule has 0 saturated heterocycles. The molecule has 0 bridgehead atoms. The van der Waals surface area contributed by atoms with Gasteiger partial charge in [0, 0.05) is 18.8 Å². The van der Waals surface area contributed by atoms with Crippen LogP contribution in [0.25, 0.3) is 0 Å². The summed E-state index contributed by atoms with van der Waals surface area (Å²) in [6.45, 7) is 14.9. The molecule has 5 nitrogen and oxygen atoms in total. The highest BCUT2D eigenvalue weighted by molar-refractivity contribution is 5.64. The van der Waals surface area contributed by atoms with Crippen molar-refractivity contribution in [2.24, 2.45) is 11.8 Å². The standard InChI is InChI=1S/C22H33N5/c1-14(2)9-10-27(13-19-7-8-19)22-24-18(6)23-21(26-22)25-20-16(4)11-15(3)12-17(20)5/h11-12,14,19H,7-10,13H2,1-6H3,(H,23,24,25,26). The number of hydrogen-bond donors (Lipinski definition) is 1. The molecule has 2 aromatic rings. The second kappa shape index (κ2) is 8.24. The van der Waals surface area contributed by atoms with E-state index in [9.17, 15) is 0 Å². The van der Waals surface area contributed by atoms with Crippen LogP contribution in [0.3, 0.4) is 0 Å². The summed E-state index contributed by atoms with van der Waals surface area (Å²) in [5, 5.41) is 3.45. The van der Waals surface area contributed by atoms with Gasteiger partial charge in [-0.25, -0.2) is 0 Å². The van der Waals surface area contributed by atoms with Crippen LogP contribution in [0, 0.1) is 39.5 Å². The normalized spacial score (nSPS) is 13.9. The Bertz CT molecular complexity index is 772. The number of nitrogens with one attached hydrogen (secondary N) is 1. The maximum atomic E-state index is 4.79. The molecule has 0 aliphatic heterocycles. The van der Waals surface area contributed by atoms with Gasteiger partial charge in [0.1, 0.15) is 5.82 Å². The molecule has 1 aromatic carbocycles. The zero-order valence-corrected chi connectivity index (χ0v) is 17.6. The fourth-order valence-electron chi connectivity index (χ4n) is 3.45. The van der Waals surface area contributed by atoms with Crippen LogP contribution in [-0.2, 0) is 0 Å². The van der Waals surface area contributed by atoms with Gasteiger partial charge in [-0.15, -0.1) is 0 Å². The molecule has 1 heterocycles. The summed E-state index contributed by atoms with van der Waals surface area (Å²) < 4.78 is 0. The van der Waals surface area contributed by atoms with Gasteiger partial charge < -0.3 is 10.2 Å². The van der Waals surface area contributed by atoms with Gasteiger partial charge in [0.25, 0.3) is 0 Å². The van der Waals surface area contributed by atoms with E-state index in [0.717, 1.165) is 42.9 Å². The predicted octanol–water partition coefficient (Wildman–Crippen LogP) is 5.11. The Morgan fingerprint density at radius 2 is 1.70 bits per heavy atom. The number of rotatable bonds is 8. The molecule has 27 heavy (non-hydrogen) atoms. The van der Waals surface area contributed by atoms with Crippen LogP contribution in [-0.4, -0.2) is 28.0 Å². The van der Waals surface area contributed by atoms with Crippen molar-refractivity contribution in [2.75, 3.05) is 23.3 Å². The van der Waals surface area contributed by atoms with Gasteiger partial charge in [0.15, 0.2) is 0 Å². The molecular weight excluding hydrogens is 334 g/mol. The van der Waals surface area contributed by atoms with E-state index in [1.165, 1.54) is 29.5 Å². The average Bonchev–Trinajstić information content (AvgIpc) is 3.38. The average molecular weight is 368 g/mol. The molecule has 0 spiro atoms. The molecule has 1 N–H and O–H groups in total. The number of aromatic nitrogens is 3. The third-order valence-electron chi connectivity index (χ3n) is 5.08. The van der Waals surface area contributed by atoms with E-state index in [1.807, 2.05) is 6.92 Å². The van der Waals surface area contributed by atoms with Crippen LogP contribution >= 0.6 is 0 Å². The fourth-order valence-corrected chi connectivity index (χ4v) is 3.45. The Balaban J connectivity index is 1.86. The van der Waals surface area contributed by atoms with Crippen molar-refractivity contribution in [1.29, 1.82) is 0 Å². The number of anilines is 3. The minimum Gasteiger partial charge on any atom is -0.340 e. The van der Waals surface area contributed by atoms with Crippen molar-refractivity contribution >= 4 is 17.6 Å². The molecular formula is C22H33N5. The monoisotopic (exact) mass is 367 g/mol. The number of hydrogen-bond acceptors (Lipinski definition) is 5. The lowest BCUT2D eigenvalue weighted by Gasteiger charge is -2.24. The van der Waals surface area contributed by atoms with Gasteiger partial charge in [-0.2, -0.15) is 15.0 Å². The van der Waals surface area contributed by atoms with Crippen LogP contribution in [0.2, 0.25) is 0 Å². The minimum atomic E-state index is 0.637. The molecule has 0 unspecified atom stereocenters. The van der Waals surface area contributed by atoms with Gasteiger partial charge in [0.2, 0.25) is 11.9 Å². The molecule has 0 amide bonds. The molecule has 3 rings (SSSR count). The van der Waals surface area contributed by atoms with Crippen LogP contribution in [0.15, 0.2) is 12.1 Å². The first kappa shape index (κ1) is 19.6. The van der Waals surface area contributed by atoms with E-state index in [-0.39, 0.29) is 0 Å². The van der Waals surface area contributed by atoms with E-state index in [2.05, 4.69) is 66.9 Å². The summed E-state index contributed by atoms with van der Waals surface area (Å²) in [5.74, 6) is 3.67. The number of nitrogens with zero attached hydrogens (tertiary/aromatic N) is 4. The van der Waals surface area contributed by atoms with E-state index >= 15 is 0 Å². The molecule has 146 valence electrons. The summed E-state index contributed by atoms with van der Waals surface area (Å²) in [5.41, 5.74) is 4.78. The third-order valence-corrected chi connectivity index (χ3v) is 5.08. The Labute approximate surface area is 163 Å². The van der Waals surface area contributed by atoms with Gasteiger partial charge in [0.05, 0.1) is 0 Å². The molecule has 1 aromatic heterocycles. The maximum absolute atomic E-state index is 4.79. The molecule has 1 saturated carbocycles. The lowest BCUT2D eigenvalue weighted by Crippen LogP contribution is -2.30. The second-order valence-corrected chi connectivity index (χ2v) is 8.48. The van der Waals surface area contributed by atoms with Crippen LogP contribution < -0.4 is 10.2 Å². The van der Waals surface area contributed by atoms with E-state index in [0.29, 0.717) is 11.9 Å². The summed E-state index contributed by atoms with van der Waals surface area (Å²) in [7, 11) is 0. The highest BCUT2D eigenvalue weighted by Gasteiger charge is 2.26. The molecule has 1 aliphatic rings. The SMILES string of the molecule is Cc1cc(C)c(Nc2nc(C)nc(N(CCC(C)C)CC3CC3)n2)c(C)c1. The first-order chi connectivity index (χ1) is 12.8. The Morgan fingerprint density at radius 1 is 1.04 bits per heavy atom. The van der Waals surface area contributed by atoms with Gasteiger partial charge in [-0.05, 0) is 69.9 Å². The van der Waals surface area contributed by atoms with Crippen LogP contribution in [0.1, 0.15) is 55.6 Å². The van der Waals surface area contributed by atoms with Crippen LogP contribution in [0.4, 0.5) is 17.6 Å². The van der Waals surface area contributed by atoms with E-state index in [4.69, 9.17) is 4.98 Å². The van der Waals surface area contributed by atoms with Gasteiger partial charge in [-0.1, -0.05) is 31.5 Å². The minimum absolute atomic E-state index is 0.637. The van der Waals surface area contributed by atoms with Gasteiger partial charge in [-0.3, -0.25) is 0 Å². The lowest BCUT2D eigenvalue weighted by atomic mass is 10.1. The third kappa shape index (κ3) is 5.41. The summed E-state index contributed by atoms with van der Waals surface area (Å²) in [6, 6.07) is 4.37. The molecule has 1 fully saturated rings. The molecule has 1 aliphatic carbocycles. The van der Waals surface area contributed by atoms with Crippen LogP contribution in [0.5, 0.6) is 0 Å². The highest BCUT2D eigenvalue weighted by atomic mass is 15.3. The van der Waals surface area contributed by atoms with Crippen molar-refractivity contribution in [3.05, 3.63) is 34.6 Å². The first-order valence-electron chi connectivity index (χ1n) is 10.1. The summed E-state index contributed by atoms with van der Waals surface area (Å²) in [4.78, 5) is 16.3. The zero-order chi connectivity index (χ0) is 19.6. The van der Waals surface area contributed by atoms with Gasteiger partial charge >= 0.3 is 0 Å². The second-order valence-electron chi connectivity index (χ2n) is 8.48. The van der Waals surface area contributed by atoms with Crippen molar-refractivity contribution < 1.29 is 0 Å². The topological polar surface area (TPSA) is 53.9 Å². The fraction of sp³-hybridized carbons (Fsp3) is 0.591. The highest BCUT2D eigenvalue weighted by Crippen LogP contribution is 2.31. The molecule has 5 heteroatoms. The van der Waals surface area contributed by atoms with Crippen molar-refractivity contribution in [2.45, 2.75) is 60.8 Å². The molecule has 0 radical (unpaired) electrons. The maximum Gasteiger partial charge on any atom is 0.232 e. The predicted molar refractivity (Wildman–Crippen MR) is 113 cm³/mol. The zero-order valence-electron chi connectivity index (χ0n) is 17.6. The summed E-state index contributed by atoms with van der Waals surface area (Å²) >= 11 is 0. The van der Waals surface area contributed by atoms with Crippen molar-refractivity contribution in [3.63, 3.8) is 0 Å². The van der Waals surface area contributed by atoms with E-state index in [1.54, 1.807) is 0 Å². The van der Waals surface area contributed by atoms with E-state index < -0.39 is 0 Å². The Hall–Kier alpha value is -2.17.